The molecule has 0 saturated carbocycles. The third-order valence-electron chi connectivity index (χ3n) is 2.75. The van der Waals surface area contributed by atoms with Crippen molar-refractivity contribution in [3.8, 4) is 5.75 Å². The Morgan fingerprint density at radius 2 is 1.50 bits per heavy atom. The van der Waals surface area contributed by atoms with Gasteiger partial charge in [0.15, 0.2) is 0 Å². The summed E-state index contributed by atoms with van der Waals surface area (Å²) in [5, 5.41) is 25.7. The summed E-state index contributed by atoms with van der Waals surface area (Å²) in [5.74, 6) is -1.82. The largest absolute Gasteiger partial charge is 0.508 e. The highest BCUT2D eigenvalue weighted by atomic mass is 16.4. The molecule has 0 aromatic heterocycles. The van der Waals surface area contributed by atoms with Crippen LogP contribution in [0.5, 0.6) is 5.75 Å². The van der Waals surface area contributed by atoms with Crippen molar-refractivity contribution in [2.24, 2.45) is 17.2 Å². The minimum absolute atomic E-state index is 0.160. The first-order valence-electron chi connectivity index (χ1n) is 6.72. The predicted molar refractivity (Wildman–Crippen MR) is 81.3 cm³/mol. The normalized spacial score (nSPS) is 12.7. The van der Waals surface area contributed by atoms with Crippen LogP contribution in [-0.4, -0.2) is 45.9 Å². The highest BCUT2D eigenvalue weighted by Gasteiger charge is 2.11. The fourth-order valence-corrected chi connectivity index (χ4v) is 1.43. The molecule has 1 aromatic carbocycles. The van der Waals surface area contributed by atoms with E-state index < -0.39 is 24.0 Å². The van der Waals surface area contributed by atoms with Crippen LogP contribution in [0.3, 0.4) is 0 Å². The van der Waals surface area contributed by atoms with Crippen LogP contribution in [0.1, 0.15) is 18.4 Å². The van der Waals surface area contributed by atoms with E-state index in [9.17, 15) is 9.59 Å². The van der Waals surface area contributed by atoms with E-state index in [0.717, 1.165) is 5.56 Å². The fraction of sp³-hybridized carbons (Fsp3) is 0.429. The first-order chi connectivity index (χ1) is 10.3. The highest BCUT2D eigenvalue weighted by Crippen LogP contribution is 2.10. The third kappa shape index (κ3) is 8.90. The smallest absolute Gasteiger partial charge is 0.320 e. The average Bonchev–Trinajstić information content (AvgIpc) is 2.47. The molecule has 0 fully saturated rings. The van der Waals surface area contributed by atoms with Gasteiger partial charge in [-0.2, -0.15) is 0 Å². The van der Waals surface area contributed by atoms with Crippen LogP contribution < -0.4 is 17.2 Å². The van der Waals surface area contributed by atoms with Gasteiger partial charge < -0.3 is 32.5 Å². The lowest BCUT2D eigenvalue weighted by atomic mass is 10.1. The van der Waals surface area contributed by atoms with E-state index in [1.165, 1.54) is 12.1 Å². The molecular formula is C14H23N3O5. The molecule has 124 valence electrons. The molecule has 0 heterocycles. The number of benzene rings is 1. The second-order valence-corrected chi connectivity index (χ2v) is 4.69. The summed E-state index contributed by atoms with van der Waals surface area (Å²) in [6.45, 7) is 0.501. The van der Waals surface area contributed by atoms with Gasteiger partial charge in [0.25, 0.3) is 0 Å². The van der Waals surface area contributed by atoms with Gasteiger partial charge in [-0.25, -0.2) is 0 Å². The number of phenols is 1. The standard InChI is InChI=1S/C9H11NO3.C5H12N2O2/c10-8(9(12)13)5-6-1-3-7(11)4-2-6;6-3-1-2-4(7)5(8)9/h1-4,8,11H,5,10H2,(H,12,13);4H,1-3,6-7H2,(H,8,9)/t8-;4-/m00/s1. The maximum atomic E-state index is 10.4. The molecule has 0 radical (unpaired) electrons. The number of phenolic OH excluding ortho intramolecular Hbond substituents is 1. The lowest BCUT2D eigenvalue weighted by molar-refractivity contribution is -0.139. The number of carboxylic acids is 2. The Bertz CT molecular complexity index is 464. The Kier molecular flexibility index (Phi) is 9.51. The quantitative estimate of drug-likeness (QED) is 0.390. The minimum Gasteiger partial charge on any atom is -0.508 e. The summed E-state index contributed by atoms with van der Waals surface area (Å²) in [7, 11) is 0. The maximum absolute atomic E-state index is 10.4. The molecule has 0 aliphatic carbocycles. The monoisotopic (exact) mass is 313 g/mol. The first kappa shape index (κ1) is 19.8. The van der Waals surface area contributed by atoms with E-state index in [-0.39, 0.29) is 12.2 Å². The van der Waals surface area contributed by atoms with Crippen molar-refractivity contribution in [1.29, 1.82) is 0 Å². The molecule has 0 aliphatic heterocycles. The number of hydrogen-bond acceptors (Lipinski definition) is 6. The van der Waals surface area contributed by atoms with E-state index in [1.807, 2.05) is 0 Å². The second kappa shape index (κ2) is 10.6. The van der Waals surface area contributed by atoms with E-state index >= 15 is 0 Å². The molecule has 1 rings (SSSR count). The van der Waals surface area contributed by atoms with Crippen LogP contribution in [0.15, 0.2) is 24.3 Å². The molecule has 0 amide bonds. The van der Waals surface area contributed by atoms with Gasteiger partial charge in [0.2, 0.25) is 0 Å². The average molecular weight is 313 g/mol. The molecule has 0 bridgehead atoms. The summed E-state index contributed by atoms with van der Waals surface area (Å²) in [6.07, 6.45) is 1.41. The molecule has 22 heavy (non-hydrogen) atoms. The van der Waals surface area contributed by atoms with Crippen LogP contribution in [0.2, 0.25) is 0 Å². The number of nitrogens with two attached hydrogens (primary N) is 3. The Labute approximate surface area is 128 Å². The van der Waals surface area contributed by atoms with Crippen molar-refractivity contribution in [1.82, 2.24) is 0 Å². The maximum Gasteiger partial charge on any atom is 0.320 e. The Morgan fingerprint density at radius 3 is 1.91 bits per heavy atom. The molecule has 0 unspecified atom stereocenters. The van der Waals surface area contributed by atoms with Crippen molar-refractivity contribution in [3.05, 3.63) is 29.8 Å². The van der Waals surface area contributed by atoms with Crippen molar-refractivity contribution in [2.75, 3.05) is 6.54 Å². The van der Waals surface area contributed by atoms with Crippen LogP contribution in [0.4, 0.5) is 0 Å². The van der Waals surface area contributed by atoms with Gasteiger partial charge in [-0.15, -0.1) is 0 Å². The van der Waals surface area contributed by atoms with Crippen molar-refractivity contribution in [3.63, 3.8) is 0 Å². The van der Waals surface area contributed by atoms with E-state index in [2.05, 4.69) is 0 Å². The number of aromatic hydroxyl groups is 1. The zero-order valence-electron chi connectivity index (χ0n) is 12.2. The molecule has 8 heteroatoms. The molecule has 2 atom stereocenters. The van der Waals surface area contributed by atoms with Gasteiger partial charge in [-0.05, 0) is 43.5 Å². The van der Waals surface area contributed by atoms with Gasteiger partial charge in [0.05, 0.1) is 0 Å². The third-order valence-corrected chi connectivity index (χ3v) is 2.75. The molecule has 0 spiro atoms. The molecule has 1 aromatic rings. The van der Waals surface area contributed by atoms with Crippen molar-refractivity contribution in [2.45, 2.75) is 31.3 Å². The number of hydrogen-bond donors (Lipinski definition) is 6. The Balaban J connectivity index is 0.000000433. The van der Waals surface area contributed by atoms with E-state index in [4.69, 9.17) is 32.5 Å². The zero-order valence-corrected chi connectivity index (χ0v) is 12.2. The number of aliphatic carboxylic acids is 2. The van der Waals surface area contributed by atoms with Gasteiger partial charge in [0.1, 0.15) is 17.8 Å². The molecule has 0 saturated heterocycles. The topological polar surface area (TPSA) is 173 Å². The predicted octanol–water partition coefficient (Wildman–Crippen LogP) is -0.516. The van der Waals surface area contributed by atoms with Crippen molar-refractivity contribution >= 4 is 11.9 Å². The minimum atomic E-state index is -1.02. The zero-order chi connectivity index (χ0) is 17.1. The molecule has 0 aliphatic rings. The van der Waals surface area contributed by atoms with Crippen LogP contribution in [-0.2, 0) is 16.0 Å². The van der Waals surface area contributed by atoms with Crippen LogP contribution in [0.25, 0.3) is 0 Å². The Morgan fingerprint density at radius 1 is 1.00 bits per heavy atom. The van der Waals surface area contributed by atoms with Gasteiger partial charge in [-0.1, -0.05) is 12.1 Å². The summed E-state index contributed by atoms with van der Waals surface area (Å²) >= 11 is 0. The SMILES string of the molecule is NCCC[C@H](N)C(=O)O.N[C@@H](Cc1ccc(O)cc1)C(=O)O. The molecule has 9 N–H and O–H groups in total. The number of rotatable bonds is 7. The fourth-order valence-electron chi connectivity index (χ4n) is 1.43. The lowest BCUT2D eigenvalue weighted by Gasteiger charge is -2.05. The summed E-state index contributed by atoms with van der Waals surface area (Å²) in [5.41, 5.74) is 16.4. The van der Waals surface area contributed by atoms with Crippen molar-refractivity contribution < 1.29 is 24.9 Å². The number of carbonyl (C=O) groups is 2. The second-order valence-electron chi connectivity index (χ2n) is 4.69. The molecule has 8 nitrogen and oxygen atoms in total. The van der Waals surface area contributed by atoms with E-state index in [1.54, 1.807) is 12.1 Å². The molecular weight excluding hydrogens is 290 g/mol. The van der Waals surface area contributed by atoms with Gasteiger partial charge in [-0.3, -0.25) is 9.59 Å². The van der Waals surface area contributed by atoms with Gasteiger partial charge in [0, 0.05) is 0 Å². The highest BCUT2D eigenvalue weighted by molar-refractivity contribution is 5.73. The summed E-state index contributed by atoms with van der Waals surface area (Å²) in [4.78, 5) is 20.4. The summed E-state index contributed by atoms with van der Waals surface area (Å²) < 4.78 is 0. The van der Waals surface area contributed by atoms with Gasteiger partial charge >= 0.3 is 11.9 Å². The lowest BCUT2D eigenvalue weighted by Crippen LogP contribution is -2.32. The van der Waals surface area contributed by atoms with Crippen LogP contribution >= 0.6 is 0 Å². The van der Waals surface area contributed by atoms with Crippen LogP contribution in [0, 0.1) is 0 Å². The summed E-state index contributed by atoms with van der Waals surface area (Å²) in [6, 6.07) is 4.68. The van der Waals surface area contributed by atoms with E-state index in [0.29, 0.717) is 19.4 Å². The number of carboxylic acid groups (broad SMARTS) is 2. The Hall–Kier alpha value is -2.16. The first-order valence-corrected chi connectivity index (χ1v) is 6.72.